The summed E-state index contributed by atoms with van der Waals surface area (Å²) >= 11 is 0. The van der Waals surface area contributed by atoms with Gasteiger partial charge in [0.1, 0.15) is 0 Å². The fourth-order valence-corrected chi connectivity index (χ4v) is 0.723. The largest absolute Gasteiger partial charge is 0.391 e. The maximum Gasteiger partial charge on any atom is 0.244 e. The molecule has 0 bridgehead atoms. The van der Waals surface area contributed by atoms with Gasteiger partial charge in [0.2, 0.25) is 11.9 Å². The van der Waals surface area contributed by atoms with Crippen molar-refractivity contribution in [2.75, 3.05) is 11.1 Å². The standard InChI is InChI=1S/C7H15N5O/c1-4(13)7(2,3)10-6-9-5(8)11-12-6/h4,13H,1-3H3,(H4,8,9,10,11,12). The second kappa shape index (κ2) is 3.21. The summed E-state index contributed by atoms with van der Waals surface area (Å²) in [6, 6.07) is 0. The predicted molar refractivity (Wildman–Crippen MR) is 50.2 cm³/mol. The summed E-state index contributed by atoms with van der Waals surface area (Å²) in [7, 11) is 0. The number of aliphatic hydroxyl groups is 1. The molecule has 0 saturated heterocycles. The maximum atomic E-state index is 9.39. The molecule has 1 atom stereocenters. The Labute approximate surface area is 76.6 Å². The highest BCUT2D eigenvalue weighted by molar-refractivity contribution is 5.33. The first kappa shape index (κ1) is 9.79. The summed E-state index contributed by atoms with van der Waals surface area (Å²) in [5.74, 6) is 0.646. The van der Waals surface area contributed by atoms with E-state index in [4.69, 9.17) is 5.73 Å². The Morgan fingerprint density at radius 1 is 1.62 bits per heavy atom. The van der Waals surface area contributed by atoms with Crippen LogP contribution in [-0.4, -0.2) is 31.9 Å². The molecule has 13 heavy (non-hydrogen) atoms. The summed E-state index contributed by atoms with van der Waals surface area (Å²) in [5.41, 5.74) is 4.86. The Balaban J connectivity index is 2.68. The minimum absolute atomic E-state index is 0.254. The lowest BCUT2D eigenvalue weighted by molar-refractivity contribution is 0.132. The number of H-pyrrole nitrogens is 1. The third-order valence-corrected chi connectivity index (χ3v) is 1.98. The lowest BCUT2D eigenvalue weighted by Crippen LogP contribution is -2.42. The molecule has 1 rings (SSSR count). The van der Waals surface area contributed by atoms with Crippen LogP contribution in [0.1, 0.15) is 20.8 Å². The van der Waals surface area contributed by atoms with Crippen LogP contribution in [0.5, 0.6) is 0 Å². The minimum atomic E-state index is -0.507. The summed E-state index contributed by atoms with van der Waals surface area (Å²) in [6.07, 6.45) is -0.507. The second-order valence-corrected chi connectivity index (χ2v) is 3.57. The van der Waals surface area contributed by atoms with Crippen molar-refractivity contribution in [2.24, 2.45) is 0 Å². The van der Waals surface area contributed by atoms with Gasteiger partial charge < -0.3 is 16.2 Å². The van der Waals surface area contributed by atoms with Gasteiger partial charge in [-0.15, -0.1) is 5.10 Å². The van der Waals surface area contributed by atoms with Gasteiger partial charge in [0.25, 0.3) is 0 Å². The average Bonchev–Trinajstić information content (AvgIpc) is 2.34. The number of aliphatic hydroxyl groups excluding tert-OH is 1. The van der Waals surface area contributed by atoms with Crippen LogP contribution < -0.4 is 11.1 Å². The predicted octanol–water partition coefficient (Wildman–Crippen LogP) is -0.0418. The highest BCUT2D eigenvalue weighted by atomic mass is 16.3. The molecule has 0 amide bonds. The number of aromatic nitrogens is 3. The molecule has 0 saturated carbocycles. The molecule has 1 heterocycles. The molecule has 0 aliphatic heterocycles. The van der Waals surface area contributed by atoms with Gasteiger partial charge in [-0.25, -0.2) is 5.10 Å². The molecular formula is C7H15N5O. The van der Waals surface area contributed by atoms with Crippen molar-refractivity contribution in [3.63, 3.8) is 0 Å². The lowest BCUT2D eigenvalue weighted by Gasteiger charge is -2.28. The van der Waals surface area contributed by atoms with Crippen molar-refractivity contribution < 1.29 is 5.11 Å². The Hall–Kier alpha value is -1.30. The zero-order chi connectivity index (χ0) is 10.1. The van der Waals surface area contributed by atoms with Gasteiger partial charge in [0, 0.05) is 0 Å². The van der Waals surface area contributed by atoms with Crippen LogP contribution in [0, 0.1) is 0 Å². The molecule has 6 nitrogen and oxygen atoms in total. The Morgan fingerprint density at radius 2 is 2.23 bits per heavy atom. The van der Waals surface area contributed by atoms with Crippen molar-refractivity contribution in [2.45, 2.75) is 32.4 Å². The van der Waals surface area contributed by atoms with Crippen LogP contribution in [0.25, 0.3) is 0 Å². The highest BCUT2D eigenvalue weighted by Gasteiger charge is 2.24. The van der Waals surface area contributed by atoms with Gasteiger partial charge in [-0.2, -0.15) is 4.98 Å². The molecular weight excluding hydrogens is 170 g/mol. The van der Waals surface area contributed by atoms with Crippen LogP contribution in [0.3, 0.4) is 0 Å². The first-order chi connectivity index (χ1) is 5.92. The molecule has 0 spiro atoms. The average molecular weight is 185 g/mol. The van der Waals surface area contributed by atoms with Crippen LogP contribution in [0.15, 0.2) is 0 Å². The van der Waals surface area contributed by atoms with Crippen molar-refractivity contribution in [1.29, 1.82) is 0 Å². The van der Waals surface area contributed by atoms with Crippen molar-refractivity contribution in [3.05, 3.63) is 0 Å². The zero-order valence-electron chi connectivity index (χ0n) is 8.00. The topological polar surface area (TPSA) is 99.8 Å². The normalized spacial score (nSPS) is 14.2. The van der Waals surface area contributed by atoms with Crippen LogP contribution in [0.2, 0.25) is 0 Å². The SMILES string of the molecule is CC(O)C(C)(C)Nc1n[nH]c(N)n1. The van der Waals surface area contributed by atoms with Crippen molar-refractivity contribution >= 4 is 11.9 Å². The van der Waals surface area contributed by atoms with E-state index in [9.17, 15) is 5.11 Å². The summed E-state index contributed by atoms with van der Waals surface area (Å²) in [5, 5.41) is 18.6. The summed E-state index contributed by atoms with van der Waals surface area (Å²) in [4.78, 5) is 3.87. The number of nitrogens with one attached hydrogen (secondary N) is 2. The highest BCUT2D eigenvalue weighted by Crippen LogP contribution is 2.14. The maximum absolute atomic E-state index is 9.39. The Kier molecular flexibility index (Phi) is 2.42. The number of aromatic amines is 1. The van der Waals surface area contributed by atoms with Crippen LogP contribution in [0.4, 0.5) is 11.9 Å². The van der Waals surface area contributed by atoms with Crippen LogP contribution in [-0.2, 0) is 0 Å². The Bertz CT molecular complexity index is 280. The monoisotopic (exact) mass is 185 g/mol. The molecule has 0 aromatic carbocycles. The van der Waals surface area contributed by atoms with Gasteiger partial charge in [-0.05, 0) is 20.8 Å². The smallest absolute Gasteiger partial charge is 0.244 e. The van der Waals surface area contributed by atoms with E-state index >= 15 is 0 Å². The number of nitrogens with two attached hydrogens (primary N) is 1. The second-order valence-electron chi connectivity index (χ2n) is 3.57. The molecule has 0 radical (unpaired) electrons. The summed E-state index contributed by atoms with van der Waals surface area (Å²) in [6.45, 7) is 5.40. The number of hydrogen-bond acceptors (Lipinski definition) is 5. The molecule has 0 aliphatic rings. The van der Waals surface area contributed by atoms with Gasteiger partial charge >= 0.3 is 0 Å². The van der Waals surface area contributed by atoms with E-state index in [-0.39, 0.29) is 5.95 Å². The summed E-state index contributed by atoms with van der Waals surface area (Å²) < 4.78 is 0. The quantitative estimate of drug-likeness (QED) is 0.529. The zero-order valence-corrected chi connectivity index (χ0v) is 8.00. The number of nitrogens with zero attached hydrogens (tertiary/aromatic N) is 2. The van der Waals surface area contributed by atoms with Gasteiger partial charge in [-0.3, -0.25) is 0 Å². The van der Waals surface area contributed by atoms with E-state index < -0.39 is 11.6 Å². The van der Waals surface area contributed by atoms with Gasteiger partial charge in [-0.1, -0.05) is 0 Å². The fraction of sp³-hybridized carbons (Fsp3) is 0.714. The molecule has 1 aromatic rings. The third-order valence-electron chi connectivity index (χ3n) is 1.98. The van der Waals surface area contributed by atoms with E-state index in [1.807, 2.05) is 13.8 Å². The number of hydrogen-bond donors (Lipinski definition) is 4. The lowest BCUT2D eigenvalue weighted by atomic mass is 9.99. The molecule has 5 N–H and O–H groups in total. The molecule has 6 heteroatoms. The molecule has 0 fully saturated rings. The third kappa shape index (κ3) is 2.32. The minimum Gasteiger partial charge on any atom is -0.391 e. The van der Waals surface area contributed by atoms with Crippen molar-refractivity contribution in [1.82, 2.24) is 15.2 Å². The molecule has 74 valence electrons. The Morgan fingerprint density at radius 3 is 2.62 bits per heavy atom. The van der Waals surface area contributed by atoms with Crippen molar-refractivity contribution in [3.8, 4) is 0 Å². The van der Waals surface area contributed by atoms with E-state index in [0.717, 1.165) is 0 Å². The number of anilines is 2. The van der Waals surface area contributed by atoms with Gasteiger partial charge in [0.05, 0.1) is 11.6 Å². The number of nitrogen functional groups attached to an aromatic ring is 1. The molecule has 1 unspecified atom stereocenters. The van der Waals surface area contributed by atoms with E-state index in [0.29, 0.717) is 5.95 Å². The van der Waals surface area contributed by atoms with Gasteiger partial charge in [0.15, 0.2) is 0 Å². The fourth-order valence-electron chi connectivity index (χ4n) is 0.723. The van der Waals surface area contributed by atoms with E-state index in [2.05, 4.69) is 20.5 Å². The van der Waals surface area contributed by atoms with E-state index in [1.54, 1.807) is 6.92 Å². The molecule has 1 aromatic heterocycles. The van der Waals surface area contributed by atoms with Crippen LogP contribution >= 0.6 is 0 Å². The molecule has 0 aliphatic carbocycles. The first-order valence-electron chi connectivity index (χ1n) is 4.06. The first-order valence-corrected chi connectivity index (χ1v) is 4.06. The van der Waals surface area contributed by atoms with E-state index in [1.165, 1.54) is 0 Å². The number of rotatable bonds is 3.